The van der Waals surface area contributed by atoms with Crippen molar-refractivity contribution in [3.05, 3.63) is 18.0 Å². The van der Waals surface area contributed by atoms with Gasteiger partial charge in [0.25, 0.3) is 0 Å². The van der Waals surface area contributed by atoms with Crippen LogP contribution in [-0.4, -0.2) is 41.7 Å². The first kappa shape index (κ1) is 14.4. The predicted octanol–water partition coefficient (Wildman–Crippen LogP) is 1.08. The summed E-state index contributed by atoms with van der Waals surface area (Å²) in [7, 11) is -0.284. The summed E-state index contributed by atoms with van der Waals surface area (Å²) in [6, 6.07) is 0. The third-order valence-electron chi connectivity index (χ3n) is 3.36. The van der Waals surface area contributed by atoms with Crippen molar-refractivity contribution in [3.63, 3.8) is 0 Å². The van der Waals surface area contributed by atoms with Gasteiger partial charge >= 0.3 is 0 Å². The molecule has 0 amide bonds. The third-order valence-corrected chi connectivity index (χ3v) is 5.29. The van der Waals surface area contributed by atoms with Gasteiger partial charge in [0.1, 0.15) is 0 Å². The first-order valence-corrected chi connectivity index (χ1v) is 7.60. The van der Waals surface area contributed by atoms with Crippen molar-refractivity contribution in [2.45, 2.75) is 19.4 Å². The van der Waals surface area contributed by atoms with E-state index in [4.69, 9.17) is 0 Å². The molecule has 1 aliphatic rings. The van der Waals surface area contributed by atoms with Gasteiger partial charge < -0.3 is 0 Å². The zero-order chi connectivity index (χ0) is 14.2. The minimum absolute atomic E-state index is 0.196. The van der Waals surface area contributed by atoms with Crippen molar-refractivity contribution in [1.29, 1.82) is 0 Å². The molecule has 8 heteroatoms. The van der Waals surface area contributed by atoms with Crippen LogP contribution >= 0.6 is 0 Å². The van der Waals surface area contributed by atoms with Gasteiger partial charge in [0.2, 0.25) is 16.4 Å². The maximum absolute atomic E-state index is 12.4. The number of hydrogen-bond acceptors (Lipinski definition) is 3. The van der Waals surface area contributed by atoms with Crippen molar-refractivity contribution < 1.29 is 17.2 Å². The van der Waals surface area contributed by atoms with Crippen molar-refractivity contribution in [1.82, 2.24) is 14.1 Å². The van der Waals surface area contributed by atoms with Crippen LogP contribution in [-0.2, 0) is 23.6 Å². The molecule has 1 saturated carbocycles. The molecule has 0 spiro atoms. The van der Waals surface area contributed by atoms with Gasteiger partial charge in [0, 0.05) is 38.3 Å². The summed E-state index contributed by atoms with van der Waals surface area (Å²) in [5.41, 5.74) is 0.773. The molecule has 1 aromatic heterocycles. The van der Waals surface area contributed by atoms with Gasteiger partial charge in [-0.25, -0.2) is 21.5 Å². The molecule has 2 rings (SSSR count). The number of hydrogen-bond donors (Lipinski definition) is 0. The molecule has 0 radical (unpaired) electrons. The summed E-state index contributed by atoms with van der Waals surface area (Å²) in [4.78, 5) is 0. The van der Waals surface area contributed by atoms with Crippen LogP contribution in [0.3, 0.4) is 0 Å². The number of nitrogens with zero attached hydrogens (tertiary/aromatic N) is 3. The van der Waals surface area contributed by atoms with Crippen molar-refractivity contribution in [2.75, 3.05) is 12.8 Å². The molecule has 1 aliphatic carbocycles. The van der Waals surface area contributed by atoms with Gasteiger partial charge in [-0.15, -0.1) is 0 Å². The number of alkyl halides is 2. The molecule has 19 heavy (non-hydrogen) atoms. The summed E-state index contributed by atoms with van der Waals surface area (Å²) < 4.78 is 51.6. The normalized spacial score (nSPS) is 23.3. The van der Waals surface area contributed by atoms with Gasteiger partial charge in [-0.3, -0.25) is 4.68 Å². The highest BCUT2D eigenvalue weighted by molar-refractivity contribution is 7.89. The zero-order valence-corrected chi connectivity index (χ0v) is 11.6. The Labute approximate surface area is 111 Å². The van der Waals surface area contributed by atoms with Crippen LogP contribution in [0.2, 0.25) is 0 Å². The number of aromatic nitrogens is 2. The molecule has 108 valence electrons. The third kappa shape index (κ3) is 3.50. The molecule has 1 heterocycles. The van der Waals surface area contributed by atoms with E-state index >= 15 is 0 Å². The van der Waals surface area contributed by atoms with Crippen LogP contribution in [0.1, 0.15) is 12.0 Å². The van der Waals surface area contributed by atoms with E-state index < -0.39 is 28.3 Å². The lowest BCUT2D eigenvalue weighted by molar-refractivity contribution is 0.117. The second kappa shape index (κ2) is 5.16. The highest BCUT2D eigenvalue weighted by atomic mass is 32.2. The number of rotatable bonds is 6. The maximum atomic E-state index is 12.4. The lowest BCUT2D eigenvalue weighted by Crippen LogP contribution is -2.29. The Morgan fingerprint density at radius 2 is 2.26 bits per heavy atom. The van der Waals surface area contributed by atoms with Crippen LogP contribution in [0.5, 0.6) is 0 Å². The summed E-state index contributed by atoms with van der Waals surface area (Å²) in [6.07, 6.45) is 1.21. The first-order chi connectivity index (χ1) is 8.79. The van der Waals surface area contributed by atoms with Crippen LogP contribution < -0.4 is 0 Å². The van der Waals surface area contributed by atoms with Gasteiger partial charge in [-0.05, 0) is 12.3 Å². The second-order valence-electron chi connectivity index (χ2n) is 5.05. The molecular weight excluding hydrogens is 276 g/mol. The summed E-state index contributed by atoms with van der Waals surface area (Å²) in [5.74, 6) is -1.35. The average molecular weight is 293 g/mol. The van der Waals surface area contributed by atoms with Crippen LogP contribution in [0.15, 0.2) is 12.4 Å². The molecule has 0 unspecified atom stereocenters. The van der Waals surface area contributed by atoms with Gasteiger partial charge in [0.15, 0.2) is 0 Å². The lowest BCUT2D eigenvalue weighted by Gasteiger charge is -2.16. The smallest absolute Gasteiger partial charge is 0.241 e. The average Bonchev–Trinajstić information content (AvgIpc) is 2.93. The van der Waals surface area contributed by atoms with E-state index in [1.165, 1.54) is 11.4 Å². The monoisotopic (exact) mass is 293 g/mol. The van der Waals surface area contributed by atoms with Crippen LogP contribution in [0.4, 0.5) is 8.78 Å². The standard InChI is InChI=1S/C11H17F2N3O2S/c1-15-5-8(4-14-15)6-16(2)19(17,18)7-9-3-10(9)11(12)13/h4-5,9-11H,3,6-7H2,1-2H3/t9-,10+/m0/s1. The van der Waals surface area contributed by atoms with Crippen LogP contribution in [0.25, 0.3) is 0 Å². The van der Waals surface area contributed by atoms with E-state index in [1.54, 1.807) is 24.1 Å². The first-order valence-electron chi connectivity index (χ1n) is 5.99. The van der Waals surface area contributed by atoms with E-state index in [9.17, 15) is 17.2 Å². The maximum Gasteiger partial charge on any atom is 0.241 e. The Morgan fingerprint density at radius 1 is 1.58 bits per heavy atom. The Bertz CT molecular complexity index is 544. The highest BCUT2D eigenvalue weighted by Gasteiger charge is 2.46. The molecule has 0 aliphatic heterocycles. The van der Waals surface area contributed by atoms with E-state index in [-0.39, 0.29) is 12.3 Å². The summed E-state index contributed by atoms with van der Waals surface area (Å²) >= 11 is 0. The molecule has 0 aromatic carbocycles. The Kier molecular flexibility index (Phi) is 3.91. The van der Waals surface area contributed by atoms with E-state index in [0.29, 0.717) is 6.42 Å². The molecule has 1 aromatic rings. The molecule has 0 bridgehead atoms. The predicted molar refractivity (Wildman–Crippen MR) is 66.1 cm³/mol. The van der Waals surface area contributed by atoms with E-state index in [0.717, 1.165) is 5.56 Å². The Morgan fingerprint density at radius 3 is 2.74 bits per heavy atom. The Balaban J connectivity index is 1.92. The SMILES string of the molecule is CN(Cc1cnn(C)c1)S(=O)(=O)C[C@@H]1C[C@H]1C(F)F. The quantitative estimate of drug-likeness (QED) is 0.789. The fourth-order valence-corrected chi connectivity index (χ4v) is 3.60. The number of aryl methyl sites for hydroxylation is 1. The molecule has 0 saturated heterocycles. The highest BCUT2D eigenvalue weighted by Crippen LogP contribution is 2.44. The fourth-order valence-electron chi connectivity index (χ4n) is 2.08. The largest absolute Gasteiger partial charge is 0.275 e. The van der Waals surface area contributed by atoms with Crippen molar-refractivity contribution in [3.8, 4) is 0 Å². The molecular formula is C11H17F2N3O2S. The van der Waals surface area contributed by atoms with Gasteiger partial charge in [0.05, 0.1) is 11.9 Å². The second-order valence-corrected chi connectivity index (χ2v) is 7.17. The molecule has 5 nitrogen and oxygen atoms in total. The molecule has 2 atom stereocenters. The number of halogens is 2. The van der Waals surface area contributed by atoms with E-state index in [2.05, 4.69) is 5.10 Å². The van der Waals surface area contributed by atoms with Crippen molar-refractivity contribution in [2.24, 2.45) is 18.9 Å². The lowest BCUT2D eigenvalue weighted by atomic mass is 10.3. The van der Waals surface area contributed by atoms with Gasteiger partial charge in [-0.2, -0.15) is 5.10 Å². The fraction of sp³-hybridized carbons (Fsp3) is 0.727. The van der Waals surface area contributed by atoms with E-state index in [1.807, 2.05) is 0 Å². The summed E-state index contributed by atoms with van der Waals surface area (Å²) in [6.45, 7) is 0.211. The minimum atomic E-state index is -3.49. The minimum Gasteiger partial charge on any atom is -0.275 e. The number of sulfonamides is 1. The van der Waals surface area contributed by atoms with Gasteiger partial charge in [-0.1, -0.05) is 0 Å². The summed E-state index contributed by atoms with van der Waals surface area (Å²) in [5, 5.41) is 3.96. The Hall–Kier alpha value is -1.02. The van der Waals surface area contributed by atoms with Crippen molar-refractivity contribution >= 4 is 10.0 Å². The van der Waals surface area contributed by atoms with Crippen LogP contribution in [0, 0.1) is 11.8 Å². The molecule has 1 fully saturated rings. The zero-order valence-electron chi connectivity index (χ0n) is 10.8. The molecule has 0 N–H and O–H groups in total. The topological polar surface area (TPSA) is 55.2 Å².